The number of hydrogen-bond donors (Lipinski definition) is 0. The van der Waals surface area contributed by atoms with Gasteiger partial charge in [-0.25, -0.2) is 13.4 Å². The Morgan fingerprint density at radius 2 is 1.78 bits per heavy atom. The Balaban J connectivity index is 2.11. The highest BCUT2D eigenvalue weighted by Gasteiger charge is 2.31. The van der Waals surface area contributed by atoms with E-state index in [2.05, 4.69) is 20.9 Å². The molecule has 0 bridgehead atoms. The zero-order valence-electron chi connectivity index (χ0n) is 15.3. The van der Waals surface area contributed by atoms with Crippen LogP contribution in [0.3, 0.4) is 0 Å². The molecule has 0 aliphatic rings. The summed E-state index contributed by atoms with van der Waals surface area (Å²) >= 11 is 3.32. The van der Waals surface area contributed by atoms with Gasteiger partial charge in [0.1, 0.15) is 5.82 Å². The van der Waals surface area contributed by atoms with Crippen molar-refractivity contribution in [2.45, 2.75) is 24.8 Å². The van der Waals surface area contributed by atoms with Crippen molar-refractivity contribution in [3.8, 4) is 0 Å². The van der Waals surface area contributed by atoms with Gasteiger partial charge in [0.25, 0.3) is 5.56 Å². The van der Waals surface area contributed by atoms with Crippen LogP contribution >= 0.6 is 15.9 Å². The molecule has 0 spiro atoms. The summed E-state index contributed by atoms with van der Waals surface area (Å²) in [4.78, 5) is 17.4. The lowest BCUT2D eigenvalue weighted by Gasteiger charge is -2.28. The average Bonchev–Trinajstić information content (AvgIpc) is 2.65. The van der Waals surface area contributed by atoms with E-state index in [0.29, 0.717) is 16.7 Å². The fraction of sp³-hybridized carbons (Fsp3) is 0.263. The van der Waals surface area contributed by atoms with Crippen LogP contribution in [-0.4, -0.2) is 28.8 Å². The summed E-state index contributed by atoms with van der Waals surface area (Å²) < 4.78 is 29.9. The lowest BCUT2D eigenvalue weighted by Crippen LogP contribution is -2.37. The molecule has 2 aromatic carbocycles. The summed E-state index contributed by atoms with van der Waals surface area (Å²) in [6, 6.07) is 13.0. The number of hydrogen-bond acceptors (Lipinski definition) is 4. The molecule has 8 heteroatoms. The van der Waals surface area contributed by atoms with E-state index in [0.717, 1.165) is 4.47 Å². The predicted octanol–water partition coefficient (Wildman–Crippen LogP) is 3.47. The molecular weight excluding hydrogens is 430 g/mol. The van der Waals surface area contributed by atoms with Crippen LogP contribution in [0.2, 0.25) is 0 Å². The molecule has 1 heterocycles. The first kappa shape index (κ1) is 19.7. The second kappa shape index (κ2) is 7.53. The minimum Gasteiger partial charge on any atom is -0.298 e. The molecule has 1 unspecified atom stereocenters. The Bertz CT molecular complexity index is 1140. The normalized spacial score (nSPS) is 13.2. The van der Waals surface area contributed by atoms with Crippen LogP contribution in [0, 0.1) is 0 Å². The Morgan fingerprint density at radius 1 is 1.15 bits per heavy atom. The Kier molecular flexibility index (Phi) is 5.50. The molecule has 0 aliphatic carbocycles. The number of para-hydroxylation sites is 1. The highest BCUT2D eigenvalue weighted by atomic mass is 79.9. The third-order valence-corrected chi connectivity index (χ3v) is 7.14. The van der Waals surface area contributed by atoms with Gasteiger partial charge in [0.05, 0.1) is 21.8 Å². The van der Waals surface area contributed by atoms with Crippen molar-refractivity contribution < 1.29 is 8.42 Å². The van der Waals surface area contributed by atoms with Gasteiger partial charge in [-0.1, -0.05) is 35.0 Å². The van der Waals surface area contributed by atoms with E-state index in [9.17, 15) is 13.2 Å². The fourth-order valence-electron chi connectivity index (χ4n) is 3.13. The van der Waals surface area contributed by atoms with Crippen molar-refractivity contribution in [2.24, 2.45) is 7.05 Å². The molecule has 0 saturated heterocycles. The summed E-state index contributed by atoms with van der Waals surface area (Å²) in [5.41, 5.74) is 0.360. The molecule has 1 atom stereocenters. The fourth-order valence-corrected chi connectivity index (χ4v) is 5.00. The Morgan fingerprint density at radius 3 is 2.41 bits per heavy atom. The third kappa shape index (κ3) is 3.56. The maximum atomic E-state index is 13.1. The number of nitrogens with zero attached hydrogens (tertiary/aromatic N) is 3. The van der Waals surface area contributed by atoms with E-state index in [4.69, 9.17) is 0 Å². The van der Waals surface area contributed by atoms with Crippen LogP contribution in [0.5, 0.6) is 0 Å². The topological polar surface area (TPSA) is 72.3 Å². The van der Waals surface area contributed by atoms with Gasteiger partial charge in [0.2, 0.25) is 10.0 Å². The highest BCUT2D eigenvalue weighted by molar-refractivity contribution is 9.10. The molecular formula is C19H20BrN3O3S. The molecule has 0 fully saturated rings. The van der Waals surface area contributed by atoms with Crippen LogP contribution in [-0.2, 0) is 17.1 Å². The zero-order chi connectivity index (χ0) is 19.8. The second-order valence-corrected chi connectivity index (χ2v) is 9.00. The molecule has 3 rings (SSSR count). The molecule has 0 N–H and O–H groups in total. The summed E-state index contributed by atoms with van der Waals surface area (Å²) in [5.74, 6) is 0.404. The van der Waals surface area contributed by atoms with Crippen molar-refractivity contribution in [2.75, 3.05) is 6.54 Å². The second-order valence-electron chi connectivity index (χ2n) is 6.19. The first-order chi connectivity index (χ1) is 12.8. The van der Waals surface area contributed by atoms with Gasteiger partial charge in [-0.15, -0.1) is 0 Å². The monoisotopic (exact) mass is 449 g/mol. The first-order valence-electron chi connectivity index (χ1n) is 8.50. The number of benzene rings is 2. The van der Waals surface area contributed by atoms with Gasteiger partial charge >= 0.3 is 0 Å². The van der Waals surface area contributed by atoms with Gasteiger partial charge in [-0.3, -0.25) is 9.36 Å². The summed E-state index contributed by atoms with van der Waals surface area (Å²) in [6.45, 7) is 3.77. The molecule has 1 aromatic heterocycles. The lowest BCUT2D eigenvalue weighted by atomic mass is 10.2. The molecule has 0 saturated carbocycles. The third-order valence-electron chi connectivity index (χ3n) is 4.56. The van der Waals surface area contributed by atoms with Crippen LogP contribution in [0.1, 0.15) is 25.7 Å². The highest BCUT2D eigenvalue weighted by Crippen LogP contribution is 2.27. The molecule has 3 aromatic rings. The van der Waals surface area contributed by atoms with E-state index >= 15 is 0 Å². The maximum Gasteiger partial charge on any atom is 0.261 e. The van der Waals surface area contributed by atoms with Crippen molar-refractivity contribution in [1.29, 1.82) is 0 Å². The standard InChI is InChI=1S/C19H20BrN3O3S/c1-4-23(27(25,26)15-11-9-14(20)10-12-15)13(2)18-21-17-8-6-5-7-16(17)19(24)22(18)3/h5-13H,4H2,1-3H3. The van der Waals surface area contributed by atoms with Gasteiger partial charge < -0.3 is 0 Å². The Hall–Kier alpha value is -2.03. The summed E-state index contributed by atoms with van der Waals surface area (Å²) in [5, 5.41) is 0.509. The predicted molar refractivity (Wildman–Crippen MR) is 109 cm³/mol. The van der Waals surface area contributed by atoms with Crippen LogP contribution in [0.25, 0.3) is 10.9 Å². The maximum absolute atomic E-state index is 13.1. The van der Waals surface area contributed by atoms with E-state index in [-0.39, 0.29) is 17.0 Å². The minimum atomic E-state index is -3.74. The average molecular weight is 450 g/mol. The lowest BCUT2D eigenvalue weighted by molar-refractivity contribution is 0.337. The quantitative estimate of drug-likeness (QED) is 0.597. The van der Waals surface area contributed by atoms with Gasteiger partial charge in [0.15, 0.2) is 0 Å². The van der Waals surface area contributed by atoms with Gasteiger partial charge in [-0.05, 0) is 43.3 Å². The molecule has 142 valence electrons. The van der Waals surface area contributed by atoms with Crippen molar-refractivity contribution in [3.05, 3.63) is 69.2 Å². The molecule has 27 heavy (non-hydrogen) atoms. The molecule has 0 radical (unpaired) electrons. The van der Waals surface area contributed by atoms with Crippen LogP contribution < -0.4 is 5.56 Å². The number of rotatable bonds is 5. The zero-order valence-corrected chi connectivity index (χ0v) is 17.7. The van der Waals surface area contributed by atoms with Crippen molar-refractivity contribution >= 4 is 36.9 Å². The molecule has 0 amide bonds. The van der Waals surface area contributed by atoms with E-state index in [1.54, 1.807) is 69.4 Å². The summed E-state index contributed by atoms with van der Waals surface area (Å²) in [7, 11) is -2.12. The number of fused-ring (bicyclic) bond motifs is 1. The van der Waals surface area contributed by atoms with E-state index in [1.165, 1.54) is 8.87 Å². The first-order valence-corrected chi connectivity index (χ1v) is 10.7. The number of sulfonamides is 1. The van der Waals surface area contributed by atoms with Crippen LogP contribution in [0.15, 0.2) is 62.7 Å². The molecule has 6 nitrogen and oxygen atoms in total. The number of halogens is 1. The van der Waals surface area contributed by atoms with Gasteiger partial charge in [0, 0.05) is 18.1 Å². The smallest absolute Gasteiger partial charge is 0.261 e. The van der Waals surface area contributed by atoms with E-state index < -0.39 is 16.1 Å². The van der Waals surface area contributed by atoms with Gasteiger partial charge in [-0.2, -0.15) is 4.31 Å². The van der Waals surface area contributed by atoms with Crippen molar-refractivity contribution in [3.63, 3.8) is 0 Å². The number of aromatic nitrogens is 2. The largest absolute Gasteiger partial charge is 0.298 e. The van der Waals surface area contributed by atoms with Crippen molar-refractivity contribution in [1.82, 2.24) is 13.9 Å². The molecule has 0 aliphatic heterocycles. The minimum absolute atomic E-state index is 0.195. The summed E-state index contributed by atoms with van der Waals surface area (Å²) in [6.07, 6.45) is 0. The van der Waals surface area contributed by atoms with Crippen LogP contribution in [0.4, 0.5) is 0 Å². The Labute approximate surface area is 166 Å². The van der Waals surface area contributed by atoms with E-state index in [1.807, 2.05) is 0 Å². The SMILES string of the molecule is CCN(C(C)c1nc2ccccc2c(=O)n1C)S(=O)(=O)c1ccc(Br)cc1.